The van der Waals surface area contributed by atoms with E-state index in [9.17, 15) is 0 Å². The Kier molecular flexibility index (Phi) is 6.48. The van der Waals surface area contributed by atoms with Gasteiger partial charge in [-0.25, -0.2) is 0 Å². The Hall–Kier alpha value is -0.640. The third-order valence-electron chi connectivity index (χ3n) is 2.50. The first-order valence-corrected chi connectivity index (χ1v) is 6.50. The van der Waals surface area contributed by atoms with Gasteiger partial charge < -0.3 is 10.6 Å². The molecule has 0 saturated heterocycles. The summed E-state index contributed by atoms with van der Waals surface area (Å²) in [6.45, 7) is 9.40. The molecule has 0 aromatic carbocycles. The fourth-order valence-corrected chi connectivity index (χ4v) is 1.68. The third kappa shape index (κ3) is 6.01. The zero-order chi connectivity index (χ0) is 12.7. The van der Waals surface area contributed by atoms with Crippen LogP contribution in [0.15, 0.2) is 18.5 Å². The molecule has 96 valence electrons. The Balaban J connectivity index is 2.24. The minimum Gasteiger partial charge on any atom is -0.315 e. The van der Waals surface area contributed by atoms with Gasteiger partial charge in [0.05, 0.1) is 5.02 Å². The van der Waals surface area contributed by atoms with Crippen molar-refractivity contribution in [2.45, 2.75) is 33.4 Å². The predicted molar refractivity (Wildman–Crippen MR) is 73.3 cm³/mol. The summed E-state index contributed by atoms with van der Waals surface area (Å²) < 4.78 is 0. The minimum atomic E-state index is 0.429. The Morgan fingerprint density at radius 3 is 2.71 bits per heavy atom. The predicted octanol–water partition coefficient (Wildman–Crippen LogP) is 2.46. The maximum atomic E-state index is 6.04. The second kappa shape index (κ2) is 7.64. The van der Waals surface area contributed by atoms with Crippen molar-refractivity contribution in [1.29, 1.82) is 0 Å². The van der Waals surface area contributed by atoms with Crippen LogP contribution in [-0.2, 0) is 6.54 Å². The van der Waals surface area contributed by atoms with Gasteiger partial charge in [0.1, 0.15) is 0 Å². The van der Waals surface area contributed by atoms with Crippen molar-refractivity contribution < 1.29 is 0 Å². The van der Waals surface area contributed by atoms with E-state index in [0.29, 0.717) is 12.0 Å². The highest BCUT2D eigenvalue weighted by Gasteiger charge is 2.04. The molecule has 1 heterocycles. The second-order valence-electron chi connectivity index (χ2n) is 4.80. The summed E-state index contributed by atoms with van der Waals surface area (Å²) >= 11 is 6.04. The van der Waals surface area contributed by atoms with Crippen molar-refractivity contribution in [2.24, 2.45) is 5.92 Å². The van der Waals surface area contributed by atoms with E-state index in [1.54, 1.807) is 12.4 Å². The van der Waals surface area contributed by atoms with Crippen LogP contribution >= 0.6 is 11.6 Å². The first-order valence-electron chi connectivity index (χ1n) is 6.12. The largest absolute Gasteiger partial charge is 0.315 e. The van der Waals surface area contributed by atoms with Crippen LogP contribution in [0.4, 0.5) is 0 Å². The van der Waals surface area contributed by atoms with Crippen LogP contribution in [0.3, 0.4) is 0 Å². The summed E-state index contributed by atoms with van der Waals surface area (Å²) in [6, 6.07) is 2.38. The van der Waals surface area contributed by atoms with E-state index in [2.05, 4.69) is 36.4 Å². The van der Waals surface area contributed by atoms with Gasteiger partial charge in [0.25, 0.3) is 0 Å². The lowest BCUT2D eigenvalue weighted by atomic mass is 10.2. The van der Waals surface area contributed by atoms with Gasteiger partial charge in [-0.3, -0.25) is 4.98 Å². The number of aromatic nitrogens is 1. The molecule has 0 fully saturated rings. The summed E-state index contributed by atoms with van der Waals surface area (Å²) in [5, 5.41) is 7.59. The quantitative estimate of drug-likeness (QED) is 0.786. The molecule has 0 saturated carbocycles. The molecule has 1 aromatic rings. The first kappa shape index (κ1) is 14.4. The van der Waals surface area contributed by atoms with Gasteiger partial charge >= 0.3 is 0 Å². The molecule has 0 spiro atoms. The van der Waals surface area contributed by atoms with Gasteiger partial charge in [0.2, 0.25) is 0 Å². The molecule has 1 atom stereocenters. The van der Waals surface area contributed by atoms with Crippen LogP contribution < -0.4 is 10.6 Å². The minimum absolute atomic E-state index is 0.429. The van der Waals surface area contributed by atoms with E-state index < -0.39 is 0 Å². The monoisotopic (exact) mass is 255 g/mol. The number of nitrogens with zero attached hydrogens (tertiary/aromatic N) is 1. The molecule has 0 aliphatic rings. The molecule has 0 aliphatic heterocycles. The molecule has 3 nitrogen and oxygen atoms in total. The lowest BCUT2D eigenvalue weighted by Crippen LogP contribution is -2.37. The first-order chi connectivity index (χ1) is 8.09. The molecule has 1 aromatic heterocycles. The van der Waals surface area contributed by atoms with Crippen LogP contribution in [0.2, 0.25) is 5.02 Å². The molecule has 0 radical (unpaired) electrons. The number of pyridine rings is 1. The number of halogens is 1. The van der Waals surface area contributed by atoms with Crippen LogP contribution in [0.1, 0.15) is 26.3 Å². The van der Waals surface area contributed by atoms with Crippen LogP contribution in [0, 0.1) is 5.92 Å². The van der Waals surface area contributed by atoms with Crippen LogP contribution in [-0.4, -0.2) is 24.1 Å². The molecule has 1 rings (SSSR count). The average Bonchev–Trinajstić information content (AvgIpc) is 2.27. The summed E-state index contributed by atoms with van der Waals surface area (Å²) in [4.78, 5) is 3.97. The number of hydrogen-bond acceptors (Lipinski definition) is 3. The third-order valence-corrected chi connectivity index (χ3v) is 2.84. The molecular formula is C13H22ClN3. The highest BCUT2D eigenvalue weighted by Crippen LogP contribution is 2.12. The van der Waals surface area contributed by atoms with Crippen molar-refractivity contribution in [3.63, 3.8) is 0 Å². The Bertz CT molecular complexity index is 328. The van der Waals surface area contributed by atoms with E-state index in [0.717, 1.165) is 30.2 Å². The van der Waals surface area contributed by atoms with Crippen molar-refractivity contribution in [1.82, 2.24) is 15.6 Å². The van der Waals surface area contributed by atoms with Crippen molar-refractivity contribution in [3.05, 3.63) is 29.0 Å². The van der Waals surface area contributed by atoms with E-state index >= 15 is 0 Å². The standard InChI is InChI=1S/C13H22ClN3/c1-10(2)6-16-7-11(3)17-8-12-4-5-15-9-13(12)14/h4-5,9-11,16-17H,6-8H2,1-3H3. The van der Waals surface area contributed by atoms with Crippen molar-refractivity contribution in [3.8, 4) is 0 Å². The summed E-state index contributed by atoms with van der Waals surface area (Å²) in [7, 11) is 0. The average molecular weight is 256 g/mol. The Labute approximate surface area is 109 Å². The highest BCUT2D eigenvalue weighted by atomic mass is 35.5. The van der Waals surface area contributed by atoms with E-state index in [1.165, 1.54) is 0 Å². The lowest BCUT2D eigenvalue weighted by molar-refractivity contribution is 0.472. The SMILES string of the molecule is CC(C)CNCC(C)NCc1ccncc1Cl. The number of rotatable bonds is 7. The molecule has 0 aliphatic carbocycles. The van der Waals surface area contributed by atoms with Gasteiger partial charge in [-0.1, -0.05) is 25.4 Å². The Morgan fingerprint density at radius 1 is 1.29 bits per heavy atom. The van der Waals surface area contributed by atoms with Crippen LogP contribution in [0.5, 0.6) is 0 Å². The summed E-state index contributed by atoms with van der Waals surface area (Å²) in [6.07, 6.45) is 3.45. The summed E-state index contributed by atoms with van der Waals surface area (Å²) in [5.74, 6) is 0.692. The van der Waals surface area contributed by atoms with E-state index in [-0.39, 0.29) is 0 Å². The fourth-order valence-electron chi connectivity index (χ4n) is 1.49. The van der Waals surface area contributed by atoms with E-state index in [4.69, 9.17) is 11.6 Å². The molecule has 4 heteroatoms. The smallest absolute Gasteiger partial charge is 0.0634 e. The molecule has 1 unspecified atom stereocenters. The topological polar surface area (TPSA) is 37.0 Å². The van der Waals surface area contributed by atoms with Crippen molar-refractivity contribution in [2.75, 3.05) is 13.1 Å². The number of nitrogens with one attached hydrogen (secondary N) is 2. The molecular weight excluding hydrogens is 234 g/mol. The van der Waals surface area contributed by atoms with Gasteiger partial charge in [-0.05, 0) is 31.0 Å². The molecule has 17 heavy (non-hydrogen) atoms. The second-order valence-corrected chi connectivity index (χ2v) is 5.21. The van der Waals surface area contributed by atoms with Crippen molar-refractivity contribution >= 4 is 11.6 Å². The fraction of sp³-hybridized carbons (Fsp3) is 0.615. The molecule has 0 bridgehead atoms. The normalized spacial score (nSPS) is 13.0. The zero-order valence-electron chi connectivity index (χ0n) is 10.8. The zero-order valence-corrected chi connectivity index (χ0v) is 11.6. The highest BCUT2D eigenvalue weighted by molar-refractivity contribution is 6.31. The van der Waals surface area contributed by atoms with E-state index in [1.807, 2.05) is 6.07 Å². The summed E-state index contributed by atoms with van der Waals surface area (Å²) in [5.41, 5.74) is 1.09. The lowest BCUT2D eigenvalue weighted by Gasteiger charge is -2.16. The maximum absolute atomic E-state index is 6.04. The maximum Gasteiger partial charge on any atom is 0.0634 e. The van der Waals surface area contributed by atoms with Gasteiger partial charge in [0.15, 0.2) is 0 Å². The van der Waals surface area contributed by atoms with Gasteiger partial charge in [0, 0.05) is 31.5 Å². The van der Waals surface area contributed by atoms with Gasteiger partial charge in [-0.15, -0.1) is 0 Å². The van der Waals surface area contributed by atoms with Gasteiger partial charge in [-0.2, -0.15) is 0 Å². The number of hydrogen-bond donors (Lipinski definition) is 2. The van der Waals surface area contributed by atoms with Crippen LogP contribution in [0.25, 0.3) is 0 Å². The Morgan fingerprint density at radius 2 is 2.06 bits per heavy atom. The molecule has 0 amide bonds. The molecule has 2 N–H and O–H groups in total.